The van der Waals surface area contributed by atoms with Crippen LogP contribution in [0.1, 0.15) is 30.9 Å². The number of methoxy groups -OCH3 is 1. The fraction of sp³-hybridized carbons (Fsp3) is 0.348. The second-order valence-corrected chi connectivity index (χ2v) is 7.00. The molecule has 0 fully saturated rings. The molecule has 0 unspecified atom stereocenters. The fourth-order valence-electron chi connectivity index (χ4n) is 2.94. The van der Waals surface area contributed by atoms with Gasteiger partial charge in [-0.15, -0.1) is 0 Å². The zero-order valence-electron chi connectivity index (χ0n) is 17.7. The van der Waals surface area contributed by atoms with E-state index in [4.69, 9.17) is 9.47 Å². The summed E-state index contributed by atoms with van der Waals surface area (Å²) in [6.07, 6.45) is 0.471. The Kier molecular flexibility index (Phi) is 9.35. The molecular formula is C23H28N2O6. The third-order valence-corrected chi connectivity index (χ3v) is 4.58. The normalized spacial score (nSPS) is 12.3. The second kappa shape index (κ2) is 12.2. The van der Waals surface area contributed by atoms with E-state index in [1.54, 1.807) is 12.1 Å². The first-order valence-electron chi connectivity index (χ1n) is 10.1. The SMILES string of the molecule is CCC[C@H](NC(=O)OCc1ccccc1)C(=O)N[C@H](Cc1ccc(O)cc1)C(=O)OC. The smallest absolute Gasteiger partial charge is 0.408 e. The van der Waals surface area contributed by atoms with Gasteiger partial charge >= 0.3 is 12.1 Å². The number of phenolic OH excluding ortho intramolecular Hbond substituents is 1. The summed E-state index contributed by atoms with van der Waals surface area (Å²) in [7, 11) is 1.24. The first-order valence-corrected chi connectivity index (χ1v) is 10.1. The Hall–Kier alpha value is -3.55. The molecule has 0 aliphatic heterocycles. The number of hydrogen-bond acceptors (Lipinski definition) is 6. The fourth-order valence-corrected chi connectivity index (χ4v) is 2.94. The van der Waals surface area contributed by atoms with E-state index in [1.807, 2.05) is 37.3 Å². The van der Waals surface area contributed by atoms with Crippen molar-refractivity contribution in [3.8, 4) is 5.75 Å². The molecule has 0 bridgehead atoms. The minimum Gasteiger partial charge on any atom is -0.508 e. The molecule has 0 aliphatic rings. The Balaban J connectivity index is 1.98. The maximum Gasteiger partial charge on any atom is 0.408 e. The Labute approximate surface area is 181 Å². The first-order chi connectivity index (χ1) is 14.9. The van der Waals surface area contributed by atoms with Gasteiger partial charge in [0.1, 0.15) is 24.4 Å². The van der Waals surface area contributed by atoms with Crippen molar-refractivity contribution in [3.63, 3.8) is 0 Å². The maximum absolute atomic E-state index is 12.8. The zero-order chi connectivity index (χ0) is 22.6. The lowest BCUT2D eigenvalue weighted by atomic mass is 10.0. The van der Waals surface area contributed by atoms with Crippen molar-refractivity contribution in [2.24, 2.45) is 0 Å². The number of nitrogens with one attached hydrogen (secondary N) is 2. The first kappa shape index (κ1) is 23.7. The summed E-state index contributed by atoms with van der Waals surface area (Å²) in [6.45, 7) is 1.96. The lowest BCUT2D eigenvalue weighted by Crippen LogP contribution is -2.52. The number of esters is 1. The van der Waals surface area contributed by atoms with Crippen LogP contribution in [0.15, 0.2) is 54.6 Å². The standard InChI is InChI=1S/C23H28N2O6/c1-3-7-19(25-23(29)31-15-17-8-5-4-6-9-17)21(27)24-20(22(28)30-2)14-16-10-12-18(26)13-11-16/h4-6,8-13,19-20,26H,3,7,14-15H2,1-2H3,(H,24,27)(H,25,29)/t19-,20+/m0/s1. The Bertz CT molecular complexity index is 854. The highest BCUT2D eigenvalue weighted by Crippen LogP contribution is 2.12. The minimum absolute atomic E-state index is 0.0821. The topological polar surface area (TPSA) is 114 Å². The van der Waals surface area contributed by atoms with E-state index in [0.29, 0.717) is 12.8 Å². The summed E-state index contributed by atoms with van der Waals surface area (Å²) in [5.74, 6) is -1.01. The monoisotopic (exact) mass is 428 g/mol. The molecule has 0 saturated carbocycles. The number of ether oxygens (including phenoxy) is 2. The summed E-state index contributed by atoms with van der Waals surface area (Å²) in [5, 5.41) is 14.6. The van der Waals surface area contributed by atoms with Gasteiger partial charge in [-0.2, -0.15) is 0 Å². The van der Waals surface area contributed by atoms with E-state index in [9.17, 15) is 19.5 Å². The van der Waals surface area contributed by atoms with Crippen molar-refractivity contribution in [1.29, 1.82) is 0 Å². The molecule has 2 atom stereocenters. The van der Waals surface area contributed by atoms with Gasteiger partial charge < -0.3 is 25.2 Å². The van der Waals surface area contributed by atoms with E-state index < -0.39 is 30.1 Å². The minimum atomic E-state index is -0.941. The predicted octanol–water partition coefficient (Wildman–Crippen LogP) is 2.69. The van der Waals surface area contributed by atoms with Gasteiger partial charge in [-0.1, -0.05) is 55.8 Å². The van der Waals surface area contributed by atoms with Crippen molar-refractivity contribution >= 4 is 18.0 Å². The van der Waals surface area contributed by atoms with Crippen molar-refractivity contribution in [1.82, 2.24) is 10.6 Å². The van der Waals surface area contributed by atoms with Gasteiger partial charge in [0.2, 0.25) is 5.91 Å². The van der Waals surface area contributed by atoms with Crippen LogP contribution in [-0.4, -0.2) is 42.3 Å². The number of carbonyl (C=O) groups is 3. The average molecular weight is 428 g/mol. The maximum atomic E-state index is 12.8. The quantitative estimate of drug-likeness (QED) is 0.502. The summed E-state index contributed by atoms with van der Waals surface area (Å²) in [4.78, 5) is 37.1. The van der Waals surface area contributed by atoms with Crippen LogP contribution < -0.4 is 10.6 Å². The van der Waals surface area contributed by atoms with Crippen LogP contribution in [-0.2, 0) is 32.1 Å². The number of carbonyl (C=O) groups excluding carboxylic acids is 3. The van der Waals surface area contributed by atoms with Crippen LogP contribution in [0.4, 0.5) is 4.79 Å². The van der Waals surface area contributed by atoms with Gasteiger partial charge in [-0.05, 0) is 29.7 Å². The molecule has 8 heteroatoms. The van der Waals surface area contributed by atoms with Gasteiger partial charge in [0.25, 0.3) is 0 Å². The molecule has 31 heavy (non-hydrogen) atoms. The third kappa shape index (κ3) is 8.00. The molecule has 2 aromatic rings. The largest absolute Gasteiger partial charge is 0.508 e. The highest BCUT2D eigenvalue weighted by molar-refractivity contribution is 5.89. The average Bonchev–Trinajstić information content (AvgIpc) is 2.78. The van der Waals surface area contributed by atoms with Crippen molar-refractivity contribution in [2.45, 2.75) is 44.9 Å². The molecule has 0 saturated heterocycles. The van der Waals surface area contributed by atoms with Crippen LogP contribution in [0, 0.1) is 0 Å². The van der Waals surface area contributed by atoms with Crippen LogP contribution in [0.3, 0.4) is 0 Å². The van der Waals surface area contributed by atoms with Gasteiger partial charge in [0.05, 0.1) is 7.11 Å². The van der Waals surface area contributed by atoms with Gasteiger partial charge in [-0.3, -0.25) is 4.79 Å². The van der Waals surface area contributed by atoms with Gasteiger partial charge in [0.15, 0.2) is 0 Å². The number of amides is 2. The molecule has 3 N–H and O–H groups in total. The number of alkyl carbamates (subject to hydrolysis) is 1. The third-order valence-electron chi connectivity index (χ3n) is 4.58. The Morgan fingerprint density at radius 2 is 1.61 bits per heavy atom. The highest BCUT2D eigenvalue weighted by Gasteiger charge is 2.27. The van der Waals surface area contributed by atoms with E-state index in [1.165, 1.54) is 19.2 Å². The zero-order valence-corrected chi connectivity index (χ0v) is 17.7. The molecule has 166 valence electrons. The van der Waals surface area contributed by atoms with E-state index in [2.05, 4.69) is 10.6 Å². The summed E-state index contributed by atoms with van der Waals surface area (Å²) in [5.41, 5.74) is 1.56. The van der Waals surface area contributed by atoms with E-state index in [-0.39, 0.29) is 18.8 Å². The molecule has 2 aromatic carbocycles. The lowest BCUT2D eigenvalue weighted by molar-refractivity contribution is -0.145. The molecule has 2 rings (SSSR count). The van der Waals surface area contributed by atoms with Crippen LogP contribution in [0.5, 0.6) is 5.75 Å². The van der Waals surface area contributed by atoms with Crippen LogP contribution in [0.25, 0.3) is 0 Å². The summed E-state index contributed by atoms with van der Waals surface area (Å²) < 4.78 is 9.99. The molecule has 8 nitrogen and oxygen atoms in total. The molecule has 0 aromatic heterocycles. The molecule has 0 radical (unpaired) electrons. The second-order valence-electron chi connectivity index (χ2n) is 7.00. The van der Waals surface area contributed by atoms with Crippen LogP contribution >= 0.6 is 0 Å². The molecule has 2 amide bonds. The number of benzene rings is 2. The summed E-state index contributed by atoms with van der Waals surface area (Å²) in [6, 6.07) is 13.7. The Morgan fingerprint density at radius 3 is 2.23 bits per heavy atom. The number of hydrogen-bond donors (Lipinski definition) is 3. The van der Waals surface area contributed by atoms with E-state index >= 15 is 0 Å². The molecule has 0 heterocycles. The molecule has 0 spiro atoms. The number of aromatic hydroxyl groups is 1. The van der Waals surface area contributed by atoms with Crippen molar-refractivity contribution in [3.05, 3.63) is 65.7 Å². The highest BCUT2D eigenvalue weighted by atomic mass is 16.5. The van der Waals surface area contributed by atoms with E-state index in [0.717, 1.165) is 11.1 Å². The van der Waals surface area contributed by atoms with Gasteiger partial charge in [-0.25, -0.2) is 9.59 Å². The van der Waals surface area contributed by atoms with Crippen molar-refractivity contribution in [2.75, 3.05) is 7.11 Å². The van der Waals surface area contributed by atoms with Crippen LogP contribution in [0.2, 0.25) is 0 Å². The number of phenols is 1. The Morgan fingerprint density at radius 1 is 0.935 bits per heavy atom. The molecule has 0 aliphatic carbocycles. The van der Waals surface area contributed by atoms with Crippen molar-refractivity contribution < 1.29 is 29.0 Å². The molecular weight excluding hydrogens is 400 g/mol. The lowest BCUT2D eigenvalue weighted by Gasteiger charge is -2.22. The predicted molar refractivity (Wildman–Crippen MR) is 114 cm³/mol. The summed E-state index contributed by atoms with van der Waals surface area (Å²) >= 11 is 0. The number of rotatable bonds is 10. The van der Waals surface area contributed by atoms with Gasteiger partial charge in [0, 0.05) is 6.42 Å².